The van der Waals surface area contributed by atoms with Crippen LogP contribution < -0.4 is 10.2 Å². The molecule has 4 rings (SSSR count). The van der Waals surface area contributed by atoms with Crippen molar-refractivity contribution >= 4 is 34.5 Å². The average molecular weight is 344 g/mol. The zero-order chi connectivity index (χ0) is 16.4. The van der Waals surface area contributed by atoms with Crippen LogP contribution in [0.5, 0.6) is 0 Å². The summed E-state index contributed by atoms with van der Waals surface area (Å²) in [6.45, 7) is 2.95. The molecule has 7 nitrogen and oxygen atoms in total. The Morgan fingerprint density at radius 3 is 3.21 bits per heavy atom. The molecule has 1 fully saturated rings. The van der Waals surface area contributed by atoms with Gasteiger partial charge in [0.2, 0.25) is 0 Å². The van der Waals surface area contributed by atoms with Gasteiger partial charge in [-0.1, -0.05) is 0 Å². The van der Waals surface area contributed by atoms with Crippen LogP contribution in [0, 0.1) is 5.92 Å². The van der Waals surface area contributed by atoms with Crippen molar-refractivity contribution < 1.29 is 4.79 Å². The molecule has 0 amide bonds. The molecule has 2 aromatic rings. The number of Topliss-reactive ketones (excluding diaryl/α,β-unsaturated/α-hetero) is 1. The summed E-state index contributed by atoms with van der Waals surface area (Å²) in [7, 11) is 0. The van der Waals surface area contributed by atoms with E-state index in [-0.39, 0.29) is 5.78 Å². The van der Waals surface area contributed by atoms with Crippen LogP contribution in [-0.2, 0) is 4.79 Å². The molecular weight excluding hydrogens is 324 g/mol. The normalized spacial score (nSPS) is 21.2. The highest BCUT2D eigenvalue weighted by molar-refractivity contribution is 8.04. The fourth-order valence-electron chi connectivity index (χ4n) is 3.21. The standard InChI is InChI=1S/C16H20N6OS/c23-12(2-1-11-3-4-17-7-11)13-8-22(5-6-24-13)16-14-15(19-9-18-14)20-10-21-16/h8-11,17H,1-7H2,(H,18,19,20,21)/t11-/m1/s1. The predicted molar refractivity (Wildman–Crippen MR) is 94.8 cm³/mol. The fraction of sp³-hybridized carbons (Fsp3) is 0.500. The van der Waals surface area contributed by atoms with Crippen LogP contribution in [-0.4, -0.2) is 51.1 Å². The van der Waals surface area contributed by atoms with E-state index in [1.54, 1.807) is 18.1 Å². The Morgan fingerprint density at radius 2 is 2.33 bits per heavy atom. The van der Waals surface area contributed by atoms with Gasteiger partial charge in [0.25, 0.3) is 0 Å². The zero-order valence-electron chi connectivity index (χ0n) is 13.4. The topological polar surface area (TPSA) is 86.8 Å². The molecule has 0 saturated carbocycles. The van der Waals surface area contributed by atoms with Gasteiger partial charge in [0.1, 0.15) is 11.8 Å². The smallest absolute Gasteiger partial charge is 0.182 e. The molecule has 4 heterocycles. The van der Waals surface area contributed by atoms with E-state index in [1.807, 2.05) is 11.1 Å². The Bertz CT molecular complexity index is 767. The lowest BCUT2D eigenvalue weighted by Gasteiger charge is -2.25. The highest BCUT2D eigenvalue weighted by Crippen LogP contribution is 2.29. The summed E-state index contributed by atoms with van der Waals surface area (Å²) < 4.78 is 0. The second-order valence-corrected chi connectivity index (χ2v) is 7.29. The summed E-state index contributed by atoms with van der Waals surface area (Å²) in [4.78, 5) is 31.2. The summed E-state index contributed by atoms with van der Waals surface area (Å²) in [5.41, 5.74) is 1.46. The number of aromatic nitrogens is 4. The lowest BCUT2D eigenvalue weighted by molar-refractivity contribution is -0.115. The number of allylic oxidation sites excluding steroid dienone is 1. The van der Waals surface area contributed by atoms with Gasteiger partial charge in [0.05, 0.1) is 11.2 Å². The number of thioether (sulfide) groups is 1. The van der Waals surface area contributed by atoms with Crippen LogP contribution in [0.2, 0.25) is 0 Å². The monoisotopic (exact) mass is 344 g/mol. The van der Waals surface area contributed by atoms with E-state index in [1.165, 1.54) is 12.7 Å². The SMILES string of the molecule is O=C(CC[C@@H]1CCNC1)C1=CN(c2ncnc3nc[nH]c23)CCS1. The molecule has 2 aliphatic heterocycles. The van der Waals surface area contributed by atoms with Gasteiger partial charge >= 0.3 is 0 Å². The Labute approximate surface area is 144 Å². The third-order valence-electron chi connectivity index (χ3n) is 4.55. The molecule has 1 saturated heterocycles. The van der Waals surface area contributed by atoms with E-state index in [4.69, 9.17) is 0 Å². The van der Waals surface area contributed by atoms with Gasteiger partial charge in [-0.25, -0.2) is 15.0 Å². The molecule has 2 N–H and O–H groups in total. The van der Waals surface area contributed by atoms with Crippen molar-refractivity contribution in [1.82, 2.24) is 25.3 Å². The van der Waals surface area contributed by atoms with Gasteiger partial charge < -0.3 is 15.2 Å². The van der Waals surface area contributed by atoms with Crippen molar-refractivity contribution in [3.8, 4) is 0 Å². The highest BCUT2D eigenvalue weighted by atomic mass is 32.2. The van der Waals surface area contributed by atoms with E-state index < -0.39 is 0 Å². The number of anilines is 1. The lowest BCUT2D eigenvalue weighted by Crippen LogP contribution is -2.26. The van der Waals surface area contributed by atoms with Crippen LogP contribution in [0.25, 0.3) is 11.2 Å². The molecule has 2 aromatic heterocycles. The molecule has 2 aliphatic rings. The van der Waals surface area contributed by atoms with Crippen LogP contribution >= 0.6 is 11.8 Å². The molecule has 126 valence electrons. The number of nitrogens with one attached hydrogen (secondary N) is 2. The molecule has 8 heteroatoms. The molecule has 24 heavy (non-hydrogen) atoms. The number of nitrogens with zero attached hydrogens (tertiary/aromatic N) is 4. The molecule has 0 radical (unpaired) electrons. The quantitative estimate of drug-likeness (QED) is 0.854. The zero-order valence-corrected chi connectivity index (χ0v) is 14.2. The minimum atomic E-state index is 0.242. The van der Waals surface area contributed by atoms with Gasteiger partial charge in [-0.15, -0.1) is 11.8 Å². The Kier molecular flexibility index (Phi) is 4.48. The molecule has 0 unspecified atom stereocenters. The van der Waals surface area contributed by atoms with Crippen molar-refractivity contribution in [2.24, 2.45) is 5.92 Å². The maximum atomic E-state index is 12.6. The first-order valence-electron chi connectivity index (χ1n) is 8.30. The van der Waals surface area contributed by atoms with Crippen LogP contribution in [0.4, 0.5) is 5.82 Å². The van der Waals surface area contributed by atoms with Crippen molar-refractivity contribution in [2.45, 2.75) is 19.3 Å². The number of H-pyrrole nitrogens is 1. The largest absolute Gasteiger partial charge is 0.340 e. The maximum Gasteiger partial charge on any atom is 0.182 e. The predicted octanol–water partition coefficient (Wildman–Crippen LogP) is 1.71. The van der Waals surface area contributed by atoms with E-state index in [9.17, 15) is 4.79 Å². The number of rotatable bonds is 5. The number of fused-ring (bicyclic) bond motifs is 1. The lowest BCUT2D eigenvalue weighted by atomic mass is 10.0. The number of carbonyl (C=O) groups is 1. The molecule has 0 aromatic carbocycles. The van der Waals surface area contributed by atoms with E-state index in [0.717, 1.165) is 48.0 Å². The number of aromatic amines is 1. The molecular formula is C16H20N6OS. The summed E-state index contributed by atoms with van der Waals surface area (Å²) >= 11 is 1.64. The molecule has 0 aliphatic carbocycles. The van der Waals surface area contributed by atoms with Gasteiger partial charge in [-0.3, -0.25) is 4.79 Å². The third kappa shape index (κ3) is 3.16. The van der Waals surface area contributed by atoms with Gasteiger partial charge in [-0.05, 0) is 31.8 Å². The Morgan fingerprint density at radius 1 is 1.38 bits per heavy atom. The third-order valence-corrected chi connectivity index (χ3v) is 5.59. The second-order valence-electron chi connectivity index (χ2n) is 6.15. The van der Waals surface area contributed by atoms with Crippen molar-refractivity contribution in [3.05, 3.63) is 23.8 Å². The summed E-state index contributed by atoms with van der Waals surface area (Å²) in [5.74, 6) is 2.54. The summed E-state index contributed by atoms with van der Waals surface area (Å²) in [6.07, 6.45) is 7.86. The first-order valence-corrected chi connectivity index (χ1v) is 9.29. The van der Waals surface area contributed by atoms with Crippen molar-refractivity contribution in [3.63, 3.8) is 0 Å². The Balaban J connectivity index is 1.50. The van der Waals surface area contributed by atoms with Crippen molar-refractivity contribution in [1.29, 1.82) is 0 Å². The maximum absolute atomic E-state index is 12.6. The molecule has 0 spiro atoms. The first kappa shape index (κ1) is 15.6. The Hall–Kier alpha value is -1.93. The number of hydrogen-bond acceptors (Lipinski definition) is 7. The number of hydrogen-bond donors (Lipinski definition) is 2. The van der Waals surface area contributed by atoms with Crippen molar-refractivity contribution in [2.75, 3.05) is 30.3 Å². The van der Waals surface area contributed by atoms with E-state index >= 15 is 0 Å². The van der Waals surface area contributed by atoms with Crippen LogP contribution in [0.3, 0.4) is 0 Å². The summed E-state index contributed by atoms with van der Waals surface area (Å²) in [5, 5.41) is 3.36. The minimum Gasteiger partial charge on any atom is -0.340 e. The van der Waals surface area contributed by atoms with Gasteiger partial charge in [-0.2, -0.15) is 0 Å². The second kappa shape index (κ2) is 6.90. The van der Waals surface area contributed by atoms with Crippen LogP contribution in [0.15, 0.2) is 23.8 Å². The number of carbonyl (C=O) groups excluding carboxylic acids is 1. The van der Waals surface area contributed by atoms with E-state index in [2.05, 4.69) is 25.3 Å². The minimum absolute atomic E-state index is 0.242. The van der Waals surface area contributed by atoms with Crippen LogP contribution in [0.1, 0.15) is 19.3 Å². The molecule has 1 atom stereocenters. The van der Waals surface area contributed by atoms with E-state index in [0.29, 0.717) is 18.0 Å². The van der Waals surface area contributed by atoms with Gasteiger partial charge in [0.15, 0.2) is 17.2 Å². The highest BCUT2D eigenvalue weighted by Gasteiger charge is 2.22. The molecule has 0 bridgehead atoms. The number of ketones is 1. The number of imidazole rings is 1. The van der Waals surface area contributed by atoms with Gasteiger partial charge in [0, 0.05) is 24.9 Å². The summed E-state index contributed by atoms with van der Waals surface area (Å²) in [6, 6.07) is 0. The fourth-order valence-corrected chi connectivity index (χ4v) is 4.18. The average Bonchev–Trinajstić information content (AvgIpc) is 3.30. The first-order chi connectivity index (χ1) is 11.8.